The lowest BCUT2D eigenvalue weighted by Crippen LogP contribution is -2.48. The number of alkyl halides is 3. The number of hydrogen-bond donors (Lipinski definition) is 0. The van der Waals surface area contributed by atoms with Crippen LogP contribution in [0.5, 0.6) is 5.88 Å². The first-order chi connectivity index (χ1) is 15.9. The molecule has 3 aromatic heterocycles. The van der Waals surface area contributed by atoms with Gasteiger partial charge in [-0.05, 0) is 48.9 Å². The van der Waals surface area contributed by atoms with Crippen molar-refractivity contribution in [2.24, 2.45) is 11.8 Å². The number of carbonyl (C=O) groups is 1. The quantitative estimate of drug-likeness (QED) is 0.581. The lowest BCUT2D eigenvalue weighted by atomic mass is 10.0. The highest BCUT2D eigenvalue weighted by Gasteiger charge is 2.47. The van der Waals surface area contributed by atoms with Gasteiger partial charge >= 0.3 is 6.18 Å². The molecule has 3 atom stereocenters. The molecule has 0 bridgehead atoms. The minimum atomic E-state index is -4.48. The van der Waals surface area contributed by atoms with Gasteiger partial charge < -0.3 is 9.64 Å². The lowest BCUT2D eigenvalue weighted by molar-refractivity contribution is -0.137. The largest absolute Gasteiger partial charge is 0.475 e. The van der Waals surface area contributed by atoms with E-state index in [2.05, 4.69) is 19.9 Å². The van der Waals surface area contributed by atoms with Gasteiger partial charge in [0, 0.05) is 37.4 Å². The Balaban J connectivity index is 1.37. The first-order valence-electron chi connectivity index (χ1n) is 10.6. The summed E-state index contributed by atoms with van der Waals surface area (Å²) in [5.74, 6) is 0.936. The molecule has 1 saturated carbocycles. The van der Waals surface area contributed by atoms with Gasteiger partial charge in [-0.25, -0.2) is 15.0 Å². The molecule has 5 rings (SSSR count). The van der Waals surface area contributed by atoms with Gasteiger partial charge in [0.15, 0.2) is 5.82 Å². The number of rotatable bonds is 5. The number of pyridine rings is 2. The van der Waals surface area contributed by atoms with E-state index in [1.165, 1.54) is 0 Å². The van der Waals surface area contributed by atoms with Gasteiger partial charge in [0.1, 0.15) is 12.3 Å². The van der Waals surface area contributed by atoms with E-state index in [4.69, 9.17) is 4.74 Å². The SMILES string of the molecule is O=C(c1ncccc1-c1ncccn1)N1CC2CC2CC1COc1cc(C(F)(F)F)ccn1. The molecule has 4 heterocycles. The zero-order valence-corrected chi connectivity index (χ0v) is 17.4. The van der Waals surface area contributed by atoms with Crippen LogP contribution in [0.4, 0.5) is 13.2 Å². The van der Waals surface area contributed by atoms with Crippen molar-refractivity contribution in [3.63, 3.8) is 0 Å². The molecule has 3 aromatic rings. The maximum Gasteiger partial charge on any atom is 0.416 e. The van der Waals surface area contributed by atoms with Crippen LogP contribution in [0.3, 0.4) is 0 Å². The van der Waals surface area contributed by atoms with Gasteiger partial charge in [-0.2, -0.15) is 13.2 Å². The third-order valence-corrected chi connectivity index (χ3v) is 6.08. The summed E-state index contributed by atoms with van der Waals surface area (Å²) in [4.78, 5) is 32.0. The highest BCUT2D eigenvalue weighted by Crippen LogP contribution is 2.47. The van der Waals surface area contributed by atoms with Crippen molar-refractivity contribution in [2.45, 2.75) is 25.1 Å². The fourth-order valence-corrected chi connectivity index (χ4v) is 4.28. The monoisotopic (exact) mass is 455 g/mol. The van der Waals surface area contributed by atoms with Crippen molar-refractivity contribution >= 4 is 5.91 Å². The summed E-state index contributed by atoms with van der Waals surface area (Å²) in [6, 6.07) is 6.62. The molecule has 170 valence electrons. The van der Waals surface area contributed by atoms with E-state index in [1.54, 1.807) is 41.7 Å². The molecule has 2 fully saturated rings. The number of fused-ring (bicyclic) bond motifs is 1. The Hall–Kier alpha value is -3.56. The Kier molecular flexibility index (Phi) is 5.43. The second kappa shape index (κ2) is 8.42. The topological polar surface area (TPSA) is 81.1 Å². The Labute approximate surface area is 187 Å². The zero-order valence-electron chi connectivity index (χ0n) is 17.4. The van der Waals surface area contributed by atoms with Crippen LogP contribution in [-0.2, 0) is 6.18 Å². The highest BCUT2D eigenvalue weighted by molar-refractivity contribution is 5.98. The summed E-state index contributed by atoms with van der Waals surface area (Å²) in [5.41, 5.74) is -0.0578. The predicted molar refractivity (Wildman–Crippen MR) is 111 cm³/mol. The molecule has 1 aliphatic heterocycles. The number of halogens is 3. The minimum absolute atomic E-state index is 0.0489. The fourth-order valence-electron chi connectivity index (χ4n) is 4.28. The summed E-state index contributed by atoms with van der Waals surface area (Å²) in [6.45, 7) is 0.604. The van der Waals surface area contributed by atoms with E-state index >= 15 is 0 Å². The Bertz CT molecular complexity index is 1160. The molecule has 0 aromatic carbocycles. The molecule has 0 N–H and O–H groups in total. The van der Waals surface area contributed by atoms with Crippen LogP contribution >= 0.6 is 0 Å². The lowest BCUT2D eigenvalue weighted by Gasteiger charge is -2.35. The van der Waals surface area contributed by atoms with Crippen LogP contribution < -0.4 is 4.74 Å². The zero-order chi connectivity index (χ0) is 23.0. The van der Waals surface area contributed by atoms with E-state index < -0.39 is 11.7 Å². The van der Waals surface area contributed by atoms with E-state index in [0.29, 0.717) is 29.8 Å². The molecule has 33 heavy (non-hydrogen) atoms. The van der Waals surface area contributed by atoms with Crippen molar-refractivity contribution in [3.05, 3.63) is 66.4 Å². The Morgan fingerprint density at radius 2 is 1.79 bits per heavy atom. The summed E-state index contributed by atoms with van der Waals surface area (Å²) >= 11 is 0. The van der Waals surface area contributed by atoms with Crippen molar-refractivity contribution in [1.29, 1.82) is 0 Å². The first-order valence-corrected chi connectivity index (χ1v) is 10.6. The van der Waals surface area contributed by atoms with Gasteiger partial charge in [0.05, 0.1) is 17.2 Å². The molecule has 10 heteroatoms. The van der Waals surface area contributed by atoms with Crippen LogP contribution in [0.25, 0.3) is 11.4 Å². The molecule has 1 aliphatic carbocycles. The summed E-state index contributed by atoms with van der Waals surface area (Å²) in [7, 11) is 0. The number of piperidine rings is 1. The third-order valence-electron chi connectivity index (χ3n) is 6.08. The van der Waals surface area contributed by atoms with Gasteiger partial charge in [0.2, 0.25) is 5.88 Å². The predicted octanol–water partition coefficient (Wildman–Crippen LogP) is 3.88. The third kappa shape index (κ3) is 4.50. The average Bonchev–Trinajstić information content (AvgIpc) is 3.60. The molecule has 7 nitrogen and oxygen atoms in total. The van der Waals surface area contributed by atoms with Crippen LogP contribution in [0.1, 0.15) is 28.9 Å². The number of hydrogen-bond acceptors (Lipinski definition) is 6. The molecule has 3 unspecified atom stereocenters. The van der Waals surface area contributed by atoms with Crippen molar-refractivity contribution in [3.8, 4) is 17.3 Å². The van der Waals surface area contributed by atoms with E-state index in [1.807, 2.05) is 0 Å². The van der Waals surface area contributed by atoms with Crippen LogP contribution in [0.15, 0.2) is 55.1 Å². The van der Waals surface area contributed by atoms with Crippen LogP contribution in [0.2, 0.25) is 0 Å². The van der Waals surface area contributed by atoms with Gasteiger partial charge in [0.25, 0.3) is 5.91 Å². The first kappa shape index (κ1) is 21.3. The van der Waals surface area contributed by atoms with E-state index in [9.17, 15) is 18.0 Å². The highest BCUT2D eigenvalue weighted by atomic mass is 19.4. The van der Waals surface area contributed by atoms with E-state index in [-0.39, 0.29) is 30.1 Å². The summed E-state index contributed by atoms with van der Waals surface area (Å²) in [5, 5.41) is 0. The Morgan fingerprint density at radius 1 is 1.00 bits per heavy atom. The second-order valence-electron chi connectivity index (χ2n) is 8.27. The van der Waals surface area contributed by atoms with Crippen molar-refractivity contribution in [2.75, 3.05) is 13.2 Å². The molecular formula is C23H20F3N5O2. The number of carbonyl (C=O) groups excluding carboxylic acids is 1. The number of ether oxygens (including phenoxy) is 1. The van der Waals surface area contributed by atoms with Gasteiger partial charge in [-0.1, -0.05) is 0 Å². The van der Waals surface area contributed by atoms with Crippen molar-refractivity contribution in [1.82, 2.24) is 24.8 Å². The average molecular weight is 455 g/mol. The van der Waals surface area contributed by atoms with Gasteiger partial charge in [-0.15, -0.1) is 0 Å². The number of aromatic nitrogens is 4. The maximum absolute atomic E-state index is 13.6. The second-order valence-corrected chi connectivity index (χ2v) is 8.27. The smallest absolute Gasteiger partial charge is 0.416 e. The van der Waals surface area contributed by atoms with Crippen LogP contribution in [0, 0.1) is 11.8 Å². The molecule has 0 radical (unpaired) electrons. The maximum atomic E-state index is 13.6. The standard InChI is InChI=1S/C23H20F3N5O2/c24-23(25,26)16-4-8-27-19(11-16)33-13-17-10-14-9-15(14)12-31(17)22(32)20-18(3-1-5-28-20)21-29-6-2-7-30-21/h1-8,11,14-15,17H,9-10,12-13H2. The fraction of sp³-hybridized carbons (Fsp3) is 0.348. The number of nitrogens with zero attached hydrogens (tertiary/aromatic N) is 5. The Morgan fingerprint density at radius 3 is 2.58 bits per heavy atom. The molecule has 1 saturated heterocycles. The van der Waals surface area contributed by atoms with E-state index in [0.717, 1.165) is 31.2 Å². The van der Waals surface area contributed by atoms with Crippen molar-refractivity contribution < 1.29 is 22.7 Å². The van der Waals surface area contributed by atoms with Crippen LogP contribution in [-0.4, -0.2) is 49.9 Å². The molecule has 0 spiro atoms. The molecule has 1 amide bonds. The van der Waals surface area contributed by atoms with Gasteiger partial charge in [-0.3, -0.25) is 9.78 Å². The summed E-state index contributed by atoms with van der Waals surface area (Å²) < 4.78 is 44.6. The molecule has 2 aliphatic rings. The number of amides is 1. The summed E-state index contributed by atoms with van der Waals surface area (Å²) in [6.07, 6.45) is 3.07. The normalized spacial score (nSPS) is 21.9. The minimum Gasteiger partial charge on any atom is -0.475 e. The number of likely N-dealkylation sites (tertiary alicyclic amines) is 1. The molecular weight excluding hydrogens is 435 g/mol.